The highest BCUT2D eigenvalue weighted by atomic mass is 31.1. The Kier molecular flexibility index (Phi) is 22.3. The van der Waals surface area contributed by atoms with E-state index < -0.39 is 31.8 Å². The molecule has 1 unspecified atom stereocenters. The van der Waals surface area contributed by atoms with Crippen LogP contribution in [0.3, 0.4) is 0 Å². The van der Waals surface area contributed by atoms with Crippen molar-refractivity contribution in [1.82, 2.24) is 0 Å². The Bertz CT molecular complexity index is 3140. The van der Waals surface area contributed by atoms with E-state index >= 15 is 0 Å². The van der Waals surface area contributed by atoms with Gasteiger partial charge < -0.3 is 44.1 Å². The molecule has 2 amide bonds. The summed E-state index contributed by atoms with van der Waals surface area (Å²) in [5.41, 5.74) is 22.2. The molecule has 12 rings (SSSR count). The monoisotopic (exact) mass is 1170 g/mol. The molecule has 2 radical (unpaired) electrons. The van der Waals surface area contributed by atoms with Gasteiger partial charge in [0.1, 0.15) is 91.6 Å². The number of hydrogen-bond donors (Lipinski definition) is 4. The minimum absolute atomic E-state index is 0. The quantitative estimate of drug-likeness (QED) is 0.0262. The number of hydrogen-bond acceptors (Lipinski definition) is 6. The average Bonchev–Trinajstić information content (AvgIpc) is 1.51. The number of amides is 2. The number of aliphatic carboxylic acids is 2. The molecule has 6 aromatic carbocycles. The lowest BCUT2D eigenvalue weighted by Crippen LogP contribution is -2.75. The van der Waals surface area contributed by atoms with E-state index in [0.29, 0.717) is 19.5 Å². The van der Waals surface area contributed by atoms with Gasteiger partial charge in [0.25, 0.3) is 11.8 Å². The predicted molar refractivity (Wildman–Crippen MR) is 339 cm³/mol. The summed E-state index contributed by atoms with van der Waals surface area (Å²) < 4.78 is 9.42. The number of carboxylic acids is 2. The van der Waals surface area contributed by atoms with Gasteiger partial charge in [-0.25, -0.2) is 0 Å². The molecule has 4 bridgehead atoms. The normalized spacial score (nSPS) is 22.8. The fraction of sp³-hybridized carbons (Fsp3) is 0.406. The molecule has 6 aromatic rings. The van der Waals surface area contributed by atoms with E-state index in [1.165, 1.54) is 27.8 Å². The number of carbonyl (C=O) groups is 5. The molecule has 85 heavy (non-hydrogen) atoms. The molecular formula is C69H90BN6O8P+4. The molecule has 6 saturated heterocycles. The molecule has 6 aliphatic rings. The summed E-state index contributed by atoms with van der Waals surface area (Å²) in [5.74, 6) is -4.98. The Morgan fingerprint density at radius 3 is 1.00 bits per heavy atom. The summed E-state index contributed by atoms with van der Waals surface area (Å²) in [4.78, 5) is 60.2. The van der Waals surface area contributed by atoms with Gasteiger partial charge in [0.05, 0.1) is 17.8 Å². The average molecular weight is 1170 g/mol. The van der Waals surface area contributed by atoms with Crippen LogP contribution in [0.4, 0.5) is 0 Å². The Balaban J connectivity index is 0.000000238. The minimum atomic E-state index is -1.24. The number of carbonyl (C=O) groups excluding carboxylic acids is 3. The summed E-state index contributed by atoms with van der Waals surface area (Å²) >= 11 is 0. The maximum Gasteiger partial charge on any atom is 0.311 e. The Labute approximate surface area is 507 Å². The van der Waals surface area contributed by atoms with E-state index in [0.717, 1.165) is 144 Å². The van der Waals surface area contributed by atoms with Crippen LogP contribution in [0.5, 0.6) is 0 Å². The van der Waals surface area contributed by atoms with Crippen molar-refractivity contribution < 1.29 is 56.6 Å². The third-order valence-electron chi connectivity index (χ3n) is 18.7. The second kappa shape index (κ2) is 28.9. The number of nitrogens with two attached hydrogens (primary N) is 2. The van der Waals surface area contributed by atoms with Gasteiger partial charge in [0, 0.05) is 19.2 Å². The van der Waals surface area contributed by atoms with Gasteiger partial charge in [-0.2, -0.15) is 0 Å². The van der Waals surface area contributed by atoms with Crippen molar-refractivity contribution in [3.63, 3.8) is 0 Å². The van der Waals surface area contributed by atoms with Gasteiger partial charge in [0.2, 0.25) is 0 Å². The number of carboxylic acid groups (broad SMARTS) is 2. The Morgan fingerprint density at radius 2 is 0.706 bits per heavy atom. The number of quaternary nitrogens is 4. The van der Waals surface area contributed by atoms with Gasteiger partial charge in [-0.1, -0.05) is 180 Å². The fourth-order valence-electron chi connectivity index (χ4n) is 13.6. The number of fused-ring (bicyclic) bond motifs is 6. The summed E-state index contributed by atoms with van der Waals surface area (Å²) in [7, 11) is 4.60. The highest BCUT2D eigenvalue weighted by Gasteiger charge is 2.51. The summed E-state index contributed by atoms with van der Waals surface area (Å²) in [6.07, 6.45) is 1.75. The molecule has 6 aliphatic heterocycles. The van der Waals surface area contributed by atoms with Crippen molar-refractivity contribution in [2.45, 2.75) is 60.5 Å². The molecule has 448 valence electrons. The van der Waals surface area contributed by atoms with Gasteiger partial charge in [-0.05, 0) is 82.8 Å². The SMILES string of the molecule is C.C.NC(=O)C[N+]12CC[N+](Cc3ccc(-c4ccc(C[C@H](C(=O)O)[C@H](Cc5ccccc5)C(=O)O)cc4)cc3)(CC1)CC2.[B]P(C)OC(=O)[C@@H](Cc1ccccc1)[C@@H](C)Cc1ccc(-c2ccc(C[N+]34CC[N+](CC(N)=O)(CC3)CC4)cc2)cc1. The zero-order valence-electron chi connectivity index (χ0n) is 48.3. The van der Waals surface area contributed by atoms with E-state index in [-0.39, 0.29) is 57.3 Å². The van der Waals surface area contributed by atoms with Gasteiger partial charge in [-0.3, -0.25) is 24.0 Å². The lowest BCUT2D eigenvalue weighted by atomic mass is 9.82. The molecular weight excluding hydrogens is 1080 g/mol. The van der Waals surface area contributed by atoms with E-state index in [1.807, 2.05) is 72.8 Å². The maximum absolute atomic E-state index is 13.0. The Hall–Kier alpha value is -7.00. The standard InChI is InChI=1S/C34H42BN3O3P.C33H37N3O5.2CH4/c1-26(32(34(40)41-42(2)35)23-27-6-4-3-5-7-27)22-28-8-12-30(13-9-28)31-14-10-29(11-15-31)24-37-16-19-38(20-17-37,21-18-37)25-33(36)39;34-31(37)23-36-17-14-35(15-18-36,16-19-36)22-26-8-12-28(13-9-26)27-10-6-25(7-11-27)21-30(33(40)41)29(32(38)39)20-24-4-2-1-3-5-24;;/h3-15,26,32H,16-25H2,1-2H3,(H-,36,39);1-13,29-30H,14-23H2,(H2-2,34,37,38,39,40,41);2*1H4/q+1;;;/p+3/t26-,32-,37?,38?,42?;29-,30-,35?,36?;;/m00../s1. The first-order valence-corrected chi connectivity index (χ1v) is 31.2. The molecule has 0 saturated carbocycles. The lowest BCUT2D eigenvalue weighted by molar-refractivity contribution is -1.08. The van der Waals surface area contributed by atoms with Crippen LogP contribution in [0.1, 0.15) is 55.2 Å². The Morgan fingerprint density at radius 1 is 0.435 bits per heavy atom. The van der Waals surface area contributed by atoms with Crippen molar-refractivity contribution in [2.24, 2.45) is 35.1 Å². The third-order valence-corrected chi connectivity index (χ3v) is 19.2. The lowest BCUT2D eigenvalue weighted by Gasteiger charge is -2.55. The number of rotatable bonds is 24. The van der Waals surface area contributed by atoms with Gasteiger partial charge >= 0.3 is 17.9 Å². The molecule has 5 atom stereocenters. The molecule has 6 N–H and O–H groups in total. The van der Waals surface area contributed by atoms with Crippen molar-refractivity contribution in [2.75, 3.05) is 98.3 Å². The fourth-order valence-corrected chi connectivity index (χ4v) is 14.0. The van der Waals surface area contributed by atoms with Crippen LogP contribution in [-0.4, -0.2) is 164 Å². The third kappa shape index (κ3) is 17.1. The number of benzene rings is 6. The van der Waals surface area contributed by atoms with E-state index in [1.54, 1.807) is 6.66 Å². The van der Waals surface area contributed by atoms with Gasteiger partial charge in [0.15, 0.2) is 20.7 Å². The zero-order chi connectivity index (χ0) is 58.8. The molecule has 14 nitrogen and oxygen atoms in total. The van der Waals surface area contributed by atoms with E-state index in [2.05, 4.69) is 91.9 Å². The van der Waals surface area contributed by atoms with Crippen LogP contribution >= 0.6 is 8.03 Å². The molecule has 6 fully saturated rings. The second-order valence-electron chi connectivity index (χ2n) is 24.6. The molecule has 6 heterocycles. The largest absolute Gasteiger partial charge is 0.481 e. The number of primary amides is 2. The van der Waals surface area contributed by atoms with Crippen LogP contribution in [-0.2, 0) is 67.3 Å². The van der Waals surface area contributed by atoms with Crippen molar-refractivity contribution in [3.8, 4) is 22.3 Å². The second-order valence-corrected chi connectivity index (χ2v) is 25.9. The van der Waals surface area contributed by atoms with Crippen LogP contribution in [0.2, 0.25) is 0 Å². The van der Waals surface area contributed by atoms with Crippen LogP contribution in [0, 0.1) is 23.7 Å². The summed E-state index contributed by atoms with van der Waals surface area (Å²) in [5, 5.41) is 19.8. The molecule has 0 spiro atoms. The zero-order valence-corrected chi connectivity index (χ0v) is 49.2. The highest BCUT2D eigenvalue weighted by Crippen LogP contribution is 2.34. The van der Waals surface area contributed by atoms with E-state index in [9.17, 15) is 34.2 Å². The number of nitrogens with zero attached hydrogens (tertiary/aromatic N) is 4. The smallest absolute Gasteiger partial charge is 0.311 e. The van der Waals surface area contributed by atoms with Crippen LogP contribution < -0.4 is 11.5 Å². The highest BCUT2D eigenvalue weighted by molar-refractivity contribution is 7.77. The van der Waals surface area contributed by atoms with Crippen LogP contribution in [0.15, 0.2) is 158 Å². The molecule has 0 aliphatic carbocycles. The summed E-state index contributed by atoms with van der Waals surface area (Å²) in [6.45, 7) is 19.6. The van der Waals surface area contributed by atoms with Crippen molar-refractivity contribution >= 4 is 45.3 Å². The van der Waals surface area contributed by atoms with Crippen LogP contribution in [0.25, 0.3) is 22.3 Å². The summed E-state index contributed by atoms with van der Waals surface area (Å²) in [6, 6.07) is 53.4. The number of piperazine rings is 6. The van der Waals surface area contributed by atoms with Crippen molar-refractivity contribution in [3.05, 3.63) is 191 Å². The predicted octanol–water partition coefficient (Wildman–Crippen LogP) is 9.15. The first-order chi connectivity index (χ1) is 39.8. The van der Waals surface area contributed by atoms with Gasteiger partial charge in [-0.15, -0.1) is 0 Å². The minimum Gasteiger partial charge on any atom is -0.481 e. The first-order valence-electron chi connectivity index (χ1n) is 29.4. The molecule has 16 heteroatoms. The van der Waals surface area contributed by atoms with Crippen molar-refractivity contribution in [1.29, 1.82) is 0 Å². The topological polar surface area (TPSA) is 187 Å². The first kappa shape index (κ1) is 65.5. The van der Waals surface area contributed by atoms with E-state index in [4.69, 9.17) is 23.6 Å². The molecule has 0 aromatic heterocycles. The maximum atomic E-state index is 13.0.